The SMILES string of the molecule is COC(=O)c1cc2c(C)coc2c(F)c1Nc1ccc(Br)cc1F. The number of hydrogen-bond acceptors (Lipinski definition) is 4. The van der Waals surface area contributed by atoms with Gasteiger partial charge >= 0.3 is 5.97 Å². The van der Waals surface area contributed by atoms with Crippen LogP contribution in [-0.4, -0.2) is 13.1 Å². The number of halogens is 3. The second-order valence-corrected chi connectivity index (χ2v) is 6.06. The minimum atomic E-state index is -0.789. The Labute approximate surface area is 144 Å². The summed E-state index contributed by atoms with van der Waals surface area (Å²) >= 11 is 3.15. The van der Waals surface area contributed by atoms with Crippen molar-refractivity contribution in [3.63, 3.8) is 0 Å². The molecule has 0 aliphatic rings. The molecular weight excluding hydrogens is 384 g/mol. The van der Waals surface area contributed by atoms with E-state index in [4.69, 9.17) is 9.15 Å². The normalized spacial score (nSPS) is 10.9. The van der Waals surface area contributed by atoms with E-state index >= 15 is 0 Å². The van der Waals surface area contributed by atoms with Crippen LogP contribution in [0.15, 0.2) is 39.4 Å². The summed E-state index contributed by atoms with van der Waals surface area (Å²) in [6.45, 7) is 1.73. The van der Waals surface area contributed by atoms with Gasteiger partial charge in [0.15, 0.2) is 11.4 Å². The summed E-state index contributed by atoms with van der Waals surface area (Å²) in [5.74, 6) is -2.13. The first-order valence-electron chi connectivity index (χ1n) is 6.93. The molecular formula is C17H12BrF2NO3. The van der Waals surface area contributed by atoms with Crippen LogP contribution >= 0.6 is 15.9 Å². The highest BCUT2D eigenvalue weighted by atomic mass is 79.9. The fraction of sp³-hybridized carbons (Fsp3) is 0.118. The molecule has 0 aliphatic carbocycles. The van der Waals surface area contributed by atoms with Crippen molar-refractivity contribution < 1.29 is 22.7 Å². The summed E-state index contributed by atoms with van der Waals surface area (Å²) < 4.78 is 39.3. The lowest BCUT2D eigenvalue weighted by Crippen LogP contribution is -2.08. The van der Waals surface area contributed by atoms with Crippen LogP contribution in [0.4, 0.5) is 20.2 Å². The number of furan rings is 1. The highest BCUT2D eigenvalue weighted by Crippen LogP contribution is 2.35. The lowest BCUT2D eigenvalue weighted by Gasteiger charge is -2.13. The molecule has 1 heterocycles. The monoisotopic (exact) mass is 395 g/mol. The minimum Gasteiger partial charge on any atom is -0.465 e. The summed E-state index contributed by atoms with van der Waals surface area (Å²) in [5.41, 5.74) is 0.430. The molecule has 0 bridgehead atoms. The fourth-order valence-electron chi connectivity index (χ4n) is 2.37. The van der Waals surface area contributed by atoms with E-state index in [2.05, 4.69) is 21.2 Å². The average molecular weight is 396 g/mol. The Balaban J connectivity index is 2.21. The molecule has 0 spiro atoms. The van der Waals surface area contributed by atoms with Gasteiger partial charge in [-0.1, -0.05) is 15.9 Å². The van der Waals surface area contributed by atoms with Crippen molar-refractivity contribution in [3.8, 4) is 0 Å². The zero-order chi connectivity index (χ0) is 17.4. The smallest absolute Gasteiger partial charge is 0.340 e. The Bertz CT molecular complexity index is 953. The van der Waals surface area contributed by atoms with Crippen LogP contribution < -0.4 is 5.32 Å². The zero-order valence-corrected chi connectivity index (χ0v) is 14.3. The molecule has 24 heavy (non-hydrogen) atoms. The molecule has 3 rings (SSSR count). The zero-order valence-electron chi connectivity index (χ0n) is 12.7. The van der Waals surface area contributed by atoms with E-state index in [9.17, 15) is 13.6 Å². The second-order valence-electron chi connectivity index (χ2n) is 5.15. The molecule has 0 saturated heterocycles. The molecule has 2 aromatic carbocycles. The number of aryl methyl sites for hydroxylation is 1. The Hall–Kier alpha value is -2.41. The van der Waals surface area contributed by atoms with Crippen molar-refractivity contribution in [2.45, 2.75) is 6.92 Å². The quantitative estimate of drug-likeness (QED) is 0.610. The molecule has 0 amide bonds. The van der Waals surface area contributed by atoms with Crippen LogP contribution in [0.3, 0.4) is 0 Å². The largest absolute Gasteiger partial charge is 0.465 e. The van der Waals surface area contributed by atoms with Gasteiger partial charge in [-0.2, -0.15) is 0 Å². The Morgan fingerprint density at radius 3 is 2.71 bits per heavy atom. The van der Waals surface area contributed by atoms with E-state index in [0.717, 1.165) is 0 Å². The molecule has 0 radical (unpaired) electrons. The van der Waals surface area contributed by atoms with Crippen LogP contribution in [0.25, 0.3) is 11.0 Å². The Morgan fingerprint density at radius 1 is 1.29 bits per heavy atom. The number of hydrogen-bond donors (Lipinski definition) is 1. The van der Waals surface area contributed by atoms with E-state index < -0.39 is 17.6 Å². The number of ether oxygens (including phenoxy) is 1. The third-order valence-corrected chi connectivity index (χ3v) is 4.09. The fourth-order valence-corrected chi connectivity index (χ4v) is 2.70. The molecule has 3 aromatic rings. The predicted octanol–water partition coefficient (Wildman–Crippen LogP) is 5.31. The van der Waals surface area contributed by atoms with Crippen molar-refractivity contribution in [2.24, 2.45) is 0 Å². The first kappa shape index (κ1) is 16.4. The van der Waals surface area contributed by atoms with Gasteiger partial charge in [0, 0.05) is 9.86 Å². The number of carbonyl (C=O) groups is 1. The van der Waals surface area contributed by atoms with Crippen molar-refractivity contribution in [1.82, 2.24) is 0 Å². The minimum absolute atomic E-state index is 0.0137. The lowest BCUT2D eigenvalue weighted by molar-refractivity contribution is 0.0601. The lowest BCUT2D eigenvalue weighted by atomic mass is 10.1. The van der Waals surface area contributed by atoms with Gasteiger partial charge in [-0.25, -0.2) is 13.6 Å². The number of carbonyl (C=O) groups excluding carboxylic acids is 1. The molecule has 0 atom stereocenters. The number of anilines is 2. The summed E-state index contributed by atoms with van der Waals surface area (Å²) in [7, 11) is 1.19. The summed E-state index contributed by atoms with van der Waals surface area (Å²) in [6.07, 6.45) is 1.39. The van der Waals surface area contributed by atoms with Crippen LogP contribution in [0.5, 0.6) is 0 Å². The Morgan fingerprint density at radius 2 is 2.04 bits per heavy atom. The highest BCUT2D eigenvalue weighted by Gasteiger charge is 2.23. The molecule has 1 N–H and O–H groups in total. The number of benzene rings is 2. The van der Waals surface area contributed by atoms with Gasteiger partial charge in [0.1, 0.15) is 5.82 Å². The second kappa shape index (κ2) is 6.24. The first-order chi connectivity index (χ1) is 11.4. The highest BCUT2D eigenvalue weighted by molar-refractivity contribution is 9.10. The summed E-state index contributed by atoms with van der Waals surface area (Å²) in [4.78, 5) is 12.0. The number of fused-ring (bicyclic) bond motifs is 1. The molecule has 1 aromatic heterocycles. The molecule has 0 aliphatic heterocycles. The number of nitrogens with one attached hydrogen (secondary N) is 1. The molecule has 7 heteroatoms. The van der Waals surface area contributed by atoms with Gasteiger partial charge in [0.25, 0.3) is 0 Å². The third-order valence-electron chi connectivity index (χ3n) is 3.60. The van der Waals surface area contributed by atoms with E-state index in [1.807, 2.05) is 0 Å². The van der Waals surface area contributed by atoms with Gasteiger partial charge < -0.3 is 14.5 Å². The maximum atomic E-state index is 14.8. The molecule has 0 fully saturated rings. The average Bonchev–Trinajstić information content (AvgIpc) is 2.92. The van der Waals surface area contributed by atoms with Gasteiger partial charge in [-0.05, 0) is 36.8 Å². The predicted molar refractivity (Wildman–Crippen MR) is 89.6 cm³/mol. The van der Waals surface area contributed by atoms with Crippen LogP contribution in [0.2, 0.25) is 0 Å². The molecule has 124 valence electrons. The van der Waals surface area contributed by atoms with Crippen LogP contribution in [0.1, 0.15) is 15.9 Å². The van der Waals surface area contributed by atoms with Gasteiger partial charge in [-0.3, -0.25) is 0 Å². The Kier molecular flexibility index (Phi) is 4.28. The van der Waals surface area contributed by atoms with E-state index in [0.29, 0.717) is 15.4 Å². The van der Waals surface area contributed by atoms with E-state index in [-0.39, 0.29) is 22.5 Å². The maximum absolute atomic E-state index is 14.8. The molecule has 4 nitrogen and oxygen atoms in total. The van der Waals surface area contributed by atoms with Gasteiger partial charge in [0.05, 0.1) is 30.3 Å². The summed E-state index contributed by atoms with van der Waals surface area (Å²) in [5, 5.41) is 3.07. The van der Waals surface area contributed by atoms with E-state index in [1.54, 1.807) is 13.0 Å². The number of rotatable bonds is 3. The topological polar surface area (TPSA) is 51.5 Å². The van der Waals surface area contributed by atoms with Crippen LogP contribution in [-0.2, 0) is 4.74 Å². The van der Waals surface area contributed by atoms with Gasteiger partial charge in [0.2, 0.25) is 0 Å². The van der Waals surface area contributed by atoms with Crippen molar-refractivity contribution in [3.05, 3.63) is 57.8 Å². The van der Waals surface area contributed by atoms with Gasteiger partial charge in [-0.15, -0.1) is 0 Å². The molecule has 0 saturated carbocycles. The maximum Gasteiger partial charge on any atom is 0.340 e. The van der Waals surface area contributed by atoms with Crippen molar-refractivity contribution in [1.29, 1.82) is 0 Å². The van der Waals surface area contributed by atoms with Crippen LogP contribution in [0, 0.1) is 18.6 Å². The summed E-state index contributed by atoms with van der Waals surface area (Å²) in [6, 6.07) is 5.71. The van der Waals surface area contributed by atoms with Crippen molar-refractivity contribution >= 4 is 44.2 Å². The third kappa shape index (κ3) is 2.75. The standard InChI is InChI=1S/C17H12BrF2NO3/c1-8-7-24-16-10(8)6-11(17(22)23-2)15(14(16)20)21-13-4-3-9(18)5-12(13)19/h3-7,21H,1-2H3. The van der Waals surface area contributed by atoms with Crippen molar-refractivity contribution in [2.75, 3.05) is 12.4 Å². The number of methoxy groups -OCH3 is 1. The number of esters is 1. The molecule has 0 unspecified atom stereocenters. The first-order valence-corrected chi connectivity index (χ1v) is 7.72. The van der Waals surface area contributed by atoms with E-state index in [1.165, 1.54) is 31.6 Å².